The number of H-pyrrole nitrogens is 2. The second-order valence-electron chi connectivity index (χ2n) is 25.8. The molecular weight excluding hydrogens is 1080 g/mol. The molecule has 11 rings (SSSR count). The van der Waals surface area contributed by atoms with Gasteiger partial charge in [-0.05, 0) is 61.4 Å². The molecule has 5 saturated heterocycles. The summed E-state index contributed by atoms with van der Waals surface area (Å²) in [5.41, 5.74) is 4.07. The van der Waals surface area contributed by atoms with Crippen molar-refractivity contribution in [2.45, 2.75) is 102 Å². The number of rotatable bonds is 14. The van der Waals surface area contributed by atoms with E-state index in [1.807, 2.05) is 39.8 Å². The maximum absolute atomic E-state index is 14.4. The highest BCUT2D eigenvalue weighted by molar-refractivity contribution is 5.98. The lowest BCUT2D eigenvalue weighted by atomic mass is 9.91. The van der Waals surface area contributed by atoms with Gasteiger partial charge in [-0.25, -0.2) is 8.78 Å². The quantitative estimate of drug-likeness (QED) is 0.143. The topological polar surface area (TPSA) is 202 Å². The molecule has 0 saturated carbocycles. The molecule has 4 aromatic rings. The molecule has 9 heterocycles. The third-order valence-electron chi connectivity index (χ3n) is 18.3. The van der Waals surface area contributed by atoms with E-state index in [0.717, 1.165) is 22.5 Å². The Balaban J connectivity index is 0.660. The molecule has 20 nitrogen and oxygen atoms in total. The van der Waals surface area contributed by atoms with Crippen LogP contribution in [0.25, 0.3) is 0 Å². The molecule has 0 unspecified atom stereocenters. The molecule has 7 aliphatic heterocycles. The highest BCUT2D eigenvalue weighted by Crippen LogP contribution is 2.41. The first kappa shape index (κ1) is 59.5. The van der Waals surface area contributed by atoms with Crippen molar-refractivity contribution >= 4 is 35.0 Å². The van der Waals surface area contributed by atoms with Gasteiger partial charge in [-0.2, -0.15) is 0 Å². The van der Waals surface area contributed by atoms with Gasteiger partial charge in [0.15, 0.2) is 0 Å². The zero-order chi connectivity index (χ0) is 59.2. The van der Waals surface area contributed by atoms with Crippen molar-refractivity contribution in [3.8, 4) is 0 Å². The van der Waals surface area contributed by atoms with Gasteiger partial charge in [0.05, 0.1) is 37.7 Å². The van der Waals surface area contributed by atoms with Crippen LogP contribution in [0.2, 0.25) is 0 Å². The van der Waals surface area contributed by atoms with Crippen molar-refractivity contribution in [2.24, 2.45) is 0 Å². The van der Waals surface area contributed by atoms with E-state index in [0.29, 0.717) is 153 Å². The largest absolute Gasteiger partial charge is 0.366 e. The molecule has 84 heavy (non-hydrogen) atoms. The molecule has 0 bridgehead atoms. The van der Waals surface area contributed by atoms with E-state index in [9.17, 15) is 37.5 Å². The molecule has 0 radical (unpaired) electrons. The first-order chi connectivity index (χ1) is 40.1. The summed E-state index contributed by atoms with van der Waals surface area (Å²) in [5.74, 6) is -1.01. The smallest absolute Gasteiger partial charge is 0.253 e. The van der Waals surface area contributed by atoms with Crippen LogP contribution in [-0.2, 0) is 52.3 Å². The Hall–Kier alpha value is -6.24. The average molecular weight is 1160 g/mol. The highest BCUT2D eigenvalue weighted by atomic mass is 19.1. The number of fused-ring (bicyclic) bond motifs is 2. The van der Waals surface area contributed by atoms with Crippen molar-refractivity contribution in [1.29, 1.82) is 0 Å². The van der Waals surface area contributed by atoms with Crippen LogP contribution in [0.5, 0.6) is 0 Å². The van der Waals surface area contributed by atoms with Gasteiger partial charge in [0.25, 0.3) is 22.9 Å². The molecule has 2 aromatic heterocycles. The second kappa shape index (κ2) is 24.6. The Morgan fingerprint density at radius 3 is 1.32 bits per heavy atom. The van der Waals surface area contributed by atoms with Crippen LogP contribution < -0.4 is 31.6 Å². The van der Waals surface area contributed by atoms with Crippen LogP contribution in [0, 0.1) is 11.6 Å². The van der Waals surface area contributed by atoms with Gasteiger partial charge in [0.1, 0.15) is 23.8 Å². The fourth-order valence-electron chi connectivity index (χ4n) is 13.6. The predicted octanol–water partition coefficient (Wildman–Crippen LogP) is 1.87. The lowest BCUT2D eigenvalue weighted by Crippen LogP contribution is -2.63. The first-order valence-corrected chi connectivity index (χ1v) is 30.0. The Morgan fingerprint density at radius 2 is 0.940 bits per heavy atom. The maximum Gasteiger partial charge on any atom is 0.253 e. The molecule has 0 spiro atoms. The molecule has 452 valence electrons. The van der Waals surface area contributed by atoms with Gasteiger partial charge in [0, 0.05) is 175 Å². The lowest BCUT2D eigenvalue weighted by molar-refractivity contribution is -0.158. The minimum absolute atomic E-state index is 0.0183. The summed E-state index contributed by atoms with van der Waals surface area (Å²) in [6, 6.07) is 16.1. The number of amides is 4. The summed E-state index contributed by atoms with van der Waals surface area (Å²) < 4.78 is 39.6. The van der Waals surface area contributed by atoms with Crippen LogP contribution >= 0.6 is 0 Å². The standard InChI is InChI=1S/C62H82F2N12O8/c1-39-29-73(35-53(77)75-37-61(3,4)55-49(75)25-43(57(79)67-55)23-41-7-11-45(63)12-8-41)47(27-65-39)31-69-19-21-83-51(33-69)59(81)71-15-17-72(18-16-71)60(82)52-34-70(20-22-84-52)32-48-28-66-40(2)30-74(48)36-54(78)76-38-62(5,6)56-50(76)26-44(58(80)68-56)24-42-9-13-46(64)14-10-42/h7-14,25-26,39-40,47-48,51-52,65-66H,15-24,27-38H2,1-6H3,(H,67,79)(H,68,80)/t39-,40-,47-,48-,51+,52+/m1/s1. The summed E-state index contributed by atoms with van der Waals surface area (Å²) in [6.07, 6.45) is -0.726. The maximum atomic E-state index is 14.4. The summed E-state index contributed by atoms with van der Waals surface area (Å²) >= 11 is 0. The number of carbonyl (C=O) groups is 4. The Labute approximate surface area is 489 Å². The minimum Gasteiger partial charge on any atom is -0.366 e. The minimum atomic E-state index is -0.668. The van der Waals surface area contributed by atoms with Gasteiger partial charge >= 0.3 is 0 Å². The van der Waals surface area contributed by atoms with Gasteiger partial charge < -0.3 is 49.7 Å². The van der Waals surface area contributed by atoms with Gasteiger partial charge in [-0.1, -0.05) is 52.0 Å². The Bertz CT molecular complexity index is 2990. The number of morpholine rings is 2. The summed E-state index contributed by atoms with van der Waals surface area (Å²) in [6.45, 7) is 21.8. The number of anilines is 2. The van der Waals surface area contributed by atoms with E-state index in [1.165, 1.54) is 24.3 Å². The van der Waals surface area contributed by atoms with Crippen LogP contribution in [-0.4, -0.2) is 230 Å². The fraction of sp³-hybridized carbons (Fsp3) is 0.581. The van der Waals surface area contributed by atoms with E-state index < -0.39 is 23.0 Å². The van der Waals surface area contributed by atoms with Crippen molar-refractivity contribution in [3.05, 3.63) is 127 Å². The number of piperazine rings is 3. The predicted molar refractivity (Wildman–Crippen MR) is 314 cm³/mol. The Morgan fingerprint density at radius 1 is 0.560 bits per heavy atom. The van der Waals surface area contributed by atoms with Crippen LogP contribution in [0.4, 0.5) is 20.2 Å². The Kier molecular flexibility index (Phi) is 17.4. The van der Waals surface area contributed by atoms with Gasteiger partial charge in [0.2, 0.25) is 11.8 Å². The normalized spacial score (nSPS) is 25.9. The highest BCUT2D eigenvalue weighted by Gasteiger charge is 2.44. The van der Waals surface area contributed by atoms with Crippen molar-refractivity contribution in [2.75, 3.05) is 141 Å². The molecule has 4 amide bonds. The van der Waals surface area contributed by atoms with Crippen LogP contribution in [0.1, 0.15) is 75.2 Å². The summed E-state index contributed by atoms with van der Waals surface area (Å²) in [5, 5.41) is 7.20. The number of aromatic nitrogens is 2. The number of hydrogen-bond acceptors (Lipinski definition) is 14. The van der Waals surface area contributed by atoms with Crippen molar-refractivity contribution < 1.29 is 37.4 Å². The van der Waals surface area contributed by atoms with E-state index in [2.05, 4.69) is 54.0 Å². The molecule has 7 aliphatic rings. The molecular formula is C62H82F2N12O8. The number of pyridine rings is 2. The third-order valence-corrected chi connectivity index (χ3v) is 18.3. The van der Waals surface area contributed by atoms with E-state index in [-0.39, 0.29) is 83.6 Å². The number of nitrogens with zero attached hydrogens (tertiary/aromatic N) is 8. The molecule has 4 N–H and O–H groups in total. The van der Waals surface area contributed by atoms with E-state index >= 15 is 0 Å². The summed E-state index contributed by atoms with van der Waals surface area (Å²) in [4.78, 5) is 106. The monoisotopic (exact) mass is 1160 g/mol. The van der Waals surface area contributed by atoms with Crippen molar-refractivity contribution in [1.82, 2.24) is 50.0 Å². The second-order valence-corrected chi connectivity index (χ2v) is 25.8. The summed E-state index contributed by atoms with van der Waals surface area (Å²) in [7, 11) is 0. The number of halogens is 2. The molecule has 22 heteroatoms. The first-order valence-electron chi connectivity index (χ1n) is 30.0. The number of carbonyl (C=O) groups excluding carboxylic acids is 4. The van der Waals surface area contributed by atoms with Crippen LogP contribution in [0.3, 0.4) is 0 Å². The zero-order valence-corrected chi connectivity index (χ0v) is 49.4. The van der Waals surface area contributed by atoms with Gasteiger partial charge in [-0.3, -0.25) is 48.4 Å². The van der Waals surface area contributed by atoms with Crippen molar-refractivity contribution in [3.63, 3.8) is 0 Å². The molecule has 0 aliphatic carbocycles. The molecule has 6 atom stereocenters. The number of nitrogens with one attached hydrogen (secondary N) is 4. The SMILES string of the molecule is C[C@@H]1CN(CC(=O)N2CC(C)(C)c3[nH]c(=O)c(Cc4ccc(F)cc4)cc32)[C@@H](CN2CCO[C@H](C(=O)N3CCN(C(=O)[C@@H]4CN(C[C@H]5CN[C@H](C)CN5CC(=O)N5CC(C)(C)c6[nH]c(=O)c(Cc7ccc(F)cc7)cc65)CCO4)CC3)C2)CN1. The number of aromatic amines is 2. The zero-order valence-electron chi connectivity index (χ0n) is 49.4. The van der Waals surface area contributed by atoms with E-state index in [4.69, 9.17) is 9.47 Å². The molecule has 5 fully saturated rings. The number of ether oxygens (including phenoxy) is 2. The third kappa shape index (κ3) is 13.1. The van der Waals surface area contributed by atoms with E-state index in [1.54, 1.807) is 43.9 Å². The number of benzene rings is 2. The number of hydrogen-bond donors (Lipinski definition) is 4. The average Bonchev–Trinajstić information content (AvgIpc) is 2.81. The van der Waals surface area contributed by atoms with Crippen LogP contribution in [0.15, 0.2) is 70.3 Å². The fourth-order valence-corrected chi connectivity index (χ4v) is 13.6. The lowest BCUT2D eigenvalue weighted by Gasteiger charge is -2.44. The molecule has 2 aromatic carbocycles. The van der Waals surface area contributed by atoms with Gasteiger partial charge in [-0.15, -0.1) is 0 Å².